The summed E-state index contributed by atoms with van der Waals surface area (Å²) in [7, 11) is 0. The Balaban J connectivity index is 2.13. The summed E-state index contributed by atoms with van der Waals surface area (Å²) in [5, 5.41) is 9.98. The third-order valence-corrected chi connectivity index (χ3v) is 2.98. The predicted octanol–water partition coefficient (Wildman–Crippen LogP) is 1.74. The van der Waals surface area contributed by atoms with Crippen LogP contribution >= 0.6 is 0 Å². The van der Waals surface area contributed by atoms with E-state index in [9.17, 15) is 5.11 Å². The molecule has 0 amide bonds. The Labute approximate surface area is 78.4 Å². The standard InChI is InChI=1S/C10H16N2O/c1-2-12-7-11-6-9(12)10(13)8-4-3-5-8/h6-8,10,13H,2-5H2,1H3. The molecule has 0 radical (unpaired) electrons. The van der Waals surface area contributed by atoms with E-state index in [1.807, 2.05) is 4.57 Å². The zero-order chi connectivity index (χ0) is 9.26. The van der Waals surface area contributed by atoms with Gasteiger partial charge in [0.2, 0.25) is 0 Å². The van der Waals surface area contributed by atoms with Gasteiger partial charge >= 0.3 is 0 Å². The maximum Gasteiger partial charge on any atom is 0.0983 e. The fraction of sp³-hybridized carbons (Fsp3) is 0.700. The summed E-state index contributed by atoms with van der Waals surface area (Å²) in [5.74, 6) is 0.474. The highest BCUT2D eigenvalue weighted by Gasteiger charge is 2.28. The van der Waals surface area contributed by atoms with Crippen molar-refractivity contribution in [3.63, 3.8) is 0 Å². The Morgan fingerprint density at radius 1 is 1.69 bits per heavy atom. The van der Waals surface area contributed by atoms with Crippen LogP contribution in [0.15, 0.2) is 12.5 Å². The molecule has 1 N–H and O–H groups in total. The largest absolute Gasteiger partial charge is 0.387 e. The number of aromatic nitrogens is 2. The summed E-state index contributed by atoms with van der Waals surface area (Å²) in [4.78, 5) is 4.06. The topological polar surface area (TPSA) is 38.0 Å². The molecule has 1 aliphatic rings. The molecule has 2 rings (SSSR count). The van der Waals surface area contributed by atoms with Gasteiger partial charge in [-0.15, -0.1) is 0 Å². The van der Waals surface area contributed by atoms with Crippen molar-refractivity contribution in [3.05, 3.63) is 18.2 Å². The van der Waals surface area contributed by atoms with Crippen LogP contribution in [0.5, 0.6) is 0 Å². The van der Waals surface area contributed by atoms with E-state index < -0.39 is 0 Å². The van der Waals surface area contributed by atoms with Crippen LogP contribution in [0, 0.1) is 5.92 Å². The fourth-order valence-corrected chi connectivity index (χ4v) is 1.84. The maximum atomic E-state index is 9.98. The van der Waals surface area contributed by atoms with Crippen LogP contribution in [-0.4, -0.2) is 14.7 Å². The molecule has 1 heterocycles. The summed E-state index contributed by atoms with van der Waals surface area (Å²) < 4.78 is 2.02. The van der Waals surface area contributed by atoms with Crippen LogP contribution in [0.2, 0.25) is 0 Å². The van der Waals surface area contributed by atoms with Gasteiger partial charge in [-0.3, -0.25) is 0 Å². The molecule has 1 aromatic rings. The van der Waals surface area contributed by atoms with Gasteiger partial charge in [0.15, 0.2) is 0 Å². The van der Waals surface area contributed by atoms with Gasteiger partial charge in [-0.25, -0.2) is 4.98 Å². The third-order valence-electron chi connectivity index (χ3n) is 2.98. The second-order valence-corrected chi connectivity index (χ2v) is 3.74. The van der Waals surface area contributed by atoms with Gasteiger partial charge in [0.1, 0.15) is 0 Å². The number of rotatable bonds is 3. The molecule has 1 atom stereocenters. The van der Waals surface area contributed by atoms with E-state index in [4.69, 9.17) is 0 Å². The predicted molar refractivity (Wildman–Crippen MR) is 50.2 cm³/mol. The van der Waals surface area contributed by atoms with Crippen molar-refractivity contribution in [2.75, 3.05) is 0 Å². The van der Waals surface area contributed by atoms with E-state index >= 15 is 0 Å². The van der Waals surface area contributed by atoms with Crippen molar-refractivity contribution in [1.82, 2.24) is 9.55 Å². The van der Waals surface area contributed by atoms with Crippen molar-refractivity contribution >= 4 is 0 Å². The van der Waals surface area contributed by atoms with Crippen LogP contribution in [-0.2, 0) is 6.54 Å². The lowest BCUT2D eigenvalue weighted by Gasteiger charge is -2.30. The molecule has 0 bridgehead atoms. The van der Waals surface area contributed by atoms with Gasteiger partial charge in [0.25, 0.3) is 0 Å². The molecule has 72 valence electrons. The first-order valence-corrected chi connectivity index (χ1v) is 5.01. The number of hydrogen-bond donors (Lipinski definition) is 1. The van der Waals surface area contributed by atoms with E-state index in [2.05, 4.69) is 11.9 Å². The summed E-state index contributed by atoms with van der Waals surface area (Å²) in [5.41, 5.74) is 0.979. The highest BCUT2D eigenvalue weighted by Crippen LogP contribution is 2.37. The minimum Gasteiger partial charge on any atom is -0.387 e. The molecule has 0 aromatic carbocycles. The lowest BCUT2D eigenvalue weighted by Crippen LogP contribution is -2.22. The summed E-state index contributed by atoms with van der Waals surface area (Å²) in [6, 6.07) is 0. The molecule has 1 aliphatic carbocycles. The Morgan fingerprint density at radius 3 is 3.00 bits per heavy atom. The Bertz CT molecular complexity index is 278. The lowest BCUT2D eigenvalue weighted by atomic mass is 9.80. The smallest absolute Gasteiger partial charge is 0.0983 e. The van der Waals surface area contributed by atoms with Gasteiger partial charge in [0.05, 0.1) is 24.3 Å². The van der Waals surface area contributed by atoms with Crippen LogP contribution in [0.4, 0.5) is 0 Å². The first-order chi connectivity index (χ1) is 6.33. The molecule has 1 unspecified atom stereocenters. The Morgan fingerprint density at radius 2 is 2.46 bits per heavy atom. The molecule has 1 fully saturated rings. The number of aliphatic hydroxyl groups excluding tert-OH is 1. The van der Waals surface area contributed by atoms with Crippen molar-refractivity contribution in [1.29, 1.82) is 0 Å². The van der Waals surface area contributed by atoms with Crippen LogP contribution in [0.3, 0.4) is 0 Å². The number of aryl methyl sites for hydroxylation is 1. The first-order valence-electron chi connectivity index (χ1n) is 5.01. The molecule has 0 saturated heterocycles. The number of imidazole rings is 1. The molecular formula is C10H16N2O. The summed E-state index contributed by atoms with van der Waals surface area (Å²) in [6.07, 6.45) is 6.87. The van der Waals surface area contributed by atoms with Crippen LogP contribution in [0.25, 0.3) is 0 Å². The second-order valence-electron chi connectivity index (χ2n) is 3.74. The average molecular weight is 180 g/mol. The van der Waals surface area contributed by atoms with Crippen molar-refractivity contribution in [3.8, 4) is 0 Å². The van der Waals surface area contributed by atoms with E-state index in [0.29, 0.717) is 5.92 Å². The van der Waals surface area contributed by atoms with E-state index in [-0.39, 0.29) is 6.10 Å². The first kappa shape index (κ1) is 8.75. The highest BCUT2D eigenvalue weighted by atomic mass is 16.3. The van der Waals surface area contributed by atoms with Gasteiger partial charge in [-0.05, 0) is 25.7 Å². The zero-order valence-corrected chi connectivity index (χ0v) is 7.98. The highest BCUT2D eigenvalue weighted by molar-refractivity contribution is 5.05. The molecule has 0 aliphatic heterocycles. The van der Waals surface area contributed by atoms with Crippen molar-refractivity contribution in [2.24, 2.45) is 5.92 Å². The summed E-state index contributed by atoms with van der Waals surface area (Å²) >= 11 is 0. The number of aliphatic hydroxyl groups is 1. The van der Waals surface area contributed by atoms with Gasteiger partial charge in [-0.2, -0.15) is 0 Å². The van der Waals surface area contributed by atoms with Gasteiger partial charge in [-0.1, -0.05) is 6.42 Å². The molecule has 1 saturated carbocycles. The second kappa shape index (κ2) is 3.50. The average Bonchev–Trinajstić information content (AvgIpc) is 2.47. The van der Waals surface area contributed by atoms with Crippen molar-refractivity contribution in [2.45, 2.75) is 38.8 Å². The molecule has 0 spiro atoms. The molecular weight excluding hydrogens is 164 g/mol. The molecule has 13 heavy (non-hydrogen) atoms. The van der Waals surface area contributed by atoms with Gasteiger partial charge < -0.3 is 9.67 Å². The Hall–Kier alpha value is -0.830. The lowest BCUT2D eigenvalue weighted by molar-refractivity contribution is 0.0558. The third kappa shape index (κ3) is 1.48. The van der Waals surface area contributed by atoms with E-state index in [1.54, 1.807) is 12.5 Å². The van der Waals surface area contributed by atoms with E-state index in [0.717, 1.165) is 25.1 Å². The molecule has 3 nitrogen and oxygen atoms in total. The normalized spacial score (nSPS) is 19.8. The van der Waals surface area contributed by atoms with Crippen LogP contribution < -0.4 is 0 Å². The van der Waals surface area contributed by atoms with E-state index in [1.165, 1.54) is 6.42 Å². The quantitative estimate of drug-likeness (QED) is 0.769. The molecule has 3 heteroatoms. The minimum absolute atomic E-state index is 0.295. The number of nitrogens with zero attached hydrogens (tertiary/aromatic N) is 2. The molecule has 1 aromatic heterocycles. The Kier molecular flexibility index (Phi) is 2.36. The SMILES string of the molecule is CCn1cncc1C(O)C1CCC1. The maximum absolute atomic E-state index is 9.98. The zero-order valence-electron chi connectivity index (χ0n) is 7.98. The van der Waals surface area contributed by atoms with Crippen LogP contribution in [0.1, 0.15) is 38.0 Å². The minimum atomic E-state index is -0.295. The number of hydrogen-bond acceptors (Lipinski definition) is 2. The van der Waals surface area contributed by atoms with Gasteiger partial charge in [0, 0.05) is 6.54 Å². The fourth-order valence-electron chi connectivity index (χ4n) is 1.84. The van der Waals surface area contributed by atoms with Crippen molar-refractivity contribution < 1.29 is 5.11 Å². The summed E-state index contributed by atoms with van der Waals surface area (Å²) in [6.45, 7) is 2.96. The monoisotopic (exact) mass is 180 g/mol.